The first-order valence-corrected chi connectivity index (χ1v) is 11.7. The molecule has 0 spiro atoms. The first-order chi connectivity index (χ1) is 13.6. The number of nitrogens with one attached hydrogen (secondary N) is 2. The zero-order chi connectivity index (χ0) is 20.2. The summed E-state index contributed by atoms with van der Waals surface area (Å²) < 4.78 is 5.52. The van der Waals surface area contributed by atoms with Crippen molar-refractivity contribution in [2.24, 2.45) is 10.9 Å². The van der Waals surface area contributed by atoms with Gasteiger partial charge in [0, 0.05) is 43.3 Å². The number of nitrogens with zero attached hydrogens (tertiary/aromatic N) is 3. The molecule has 1 aliphatic rings. The fourth-order valence-electron chi connectivity index (χ4n) is 3.49. The van der Waals surface area contributed by atoms with E-state index < -0.39 is 0 Å². The first-order valence-electron chi connectivity index (χ1n) is 10.8. The van der Waals surface area contributed by atoms with E-state index in [1.54, 1.807) is 11.3 Å². The van der Waals surface area contributed by atoms with Gasteiger partial charge in [0.05, 0.1) is 24.8 Å². The van der Waals surface area contributed by atoms with Crippen LogP contribution in [0.15, 0.2) is 10.4 Å². The minimum atomic E-state index is 0.493. The Morgan fingerprint density at radius 3 is 2.71 bits per heavy atom. The van der Waals surface area contributed by atoms with Gasteiger partial charge in [-0.3, -0.25) is 9.89 Å². The standard InChI is InChI=1S/C21H39N5OS/c1-5-22-21(23-9-7-6-8-20-25-18(4)16-28-20)24-15-19(14-17(2)3)26-10-12-27-13-11-26/h16-17,19H,5-15H2,1-4H3,(H2,22,23,24). The molecule has 1 aromatic rings. The lowest BCUT2D eigenvalue weighted by molar-refractivity contribution is 0.0143. The van der Waals surface area contributed by atoms with Gasteiger partial charge in [-0.25, -0.2) is 4.98 Å². The van der Waals surface area contributed by atoms with Crippen LogP contribution in [0.5, 0.6) is 0 Å². The summed E-state index contributed by atoms with van der Waals surface area (Å²) in [4.78, 5) is 12.0. The zero-order valence-electron chi connectivity index (χ0n) is 18.2. The van der Waals surface area contributed by atoms with Crippen LogP contribution in [0.2, 0.25) is 0 Å². The molecule has 160 valence electrons. The second kappa shape index (κ2) is 13.1. The van der Waals surface area contributed by atoms with Crippen LogP contribution in [0, 0.1) is 12.8 Å². The van der Waals surface area contributed by atoms with Crippen LogP contribution < -0.4 is 10.6 Å². The van der Waals surface area contributed by atoms with E-state index in [2.05, 4.69) is 53.6 Å². The molecule has 2 heterocycles. The van der Waals surface area contributed by atoms with E-state index in [1.807, 2.05) is 0 Å². The van der Waals surface area contributed by atoms with Crippen LogP contribution in [0.3, 0.4) is 0 Å². The van der Waals surface area contributed by atoms with E-state index >= 15 is 0 Å². The van der Waals surface area contributed by atoms with Crippen molar-refractivity contribution < 1.29 is 4.74 Å². The maximum atomic E-state index is 5.52. The Labute approximate surface area is 175 Å². The number of morpholine rings is 1. The molecule has 6 nitrogen and oxygen atoms in total. The molecule has 1 aromatic heterocycles. The molecule has 0 radical (unpaired) electrons. The van der Waals surface area contributed by atoms with E-state index in [0.29, 0.717) is 12.0 Å². The van der Waals surface area contributed by atoms with Crippen LogP contribution in [0.25, 0.3) is 0 Å². The summed E-state index contributed by atoms with van der Waals surface area (Å²) in [5, 5.41) is 10.3. The van der Waals surface area contributed by atoms with Gasteiger partial charge in [-0.1, -0.05) is 13.8 Å². The van der Waals surface area contributed by atoms with E-state index in [4.69, 9.17) is 9.73 Å². The van der Waals surface area contributed by atoms with Crippen molar-refractivity contribution in [1.82, 2.24) is 20.5 Å². The lowest BCUT2D eigenvalue weighted by Gasteiger charge is -2.34. The molecule has 1 fully saturated rings. The summed E-state index contributed by atoms with van der Waals surface area (Å²) in [6, 6.07) is 0.493. The molecule has 1 unspecified atom stereocenters. The van der Waals surface area contributed by atoms with Crippen LogP contribution in [0.4, 0.5) is 0 Å². The SMILES string of the molecule is CCNC(=NCC(CC(C)C)N1CCOCC1)NCCCCc1nc(C)cs1. The van der Waals surface area contributed by atoms with Gasteiger partial charge in [-0.2, -0.15) is 0 Å². The molecule has 0 saturated carbocycles. The Balaban J connectivity index is 1.77. The van der Waals surface area contributed by atoms with Crippen molar-refractivity contribution in [3.63, 3.8) is 0 Å². The number of hydrogen-bond donors (Lipinski definition) is 2. The Morgan fingerprint density at radius 2 is 2.07 bits per heavy atom. The third-order valence-corrected chi connectivity index (χ3v) is 5.91. The van der Waals surface area contributed by atoms with Gasteiger partial charge in [0.25, 0.3) is 0 Å². The van der Waals surface area contributed by atoms with E-state index in [1.165, 1.54) is 11.4 Å². The number of thiazole rings is 1. The second-order valence-electron chi connectivity index (χ2n) is 7.92. The summed E-state index contributed by atoms with van der Waals surface area (Å²) in [7, 11) is 0. The predicted molar refractivity (Wildman–Crippen MR) is 119 cm³/mol. The van der Waals surface area contributed by atoms with Crippen LogP contribution in [0.1, 0.15) is 50.7 Å². The molecule has 1 saturated heterocycles. The smallest absolute Gasteiger partial charge is 0.191 e. The highest BCUT2D eigenvalue weighted by atomic mass is 32.1. The summed E-state index contributed by atoms with van der Waals surface area (Å²) in [5.41, 5.74) is 1.14. The molecule has 0 amide bonds. The number of aliphatic imine (C=N–C) groups is 1. The Hall–Kier alpha value is -1.18. The lowest BCUT2D eigenvalue weighted by Crippen LogP contribution is -2.46. The minimum Gasteiger partial charge on any atom is -0.379 e. The number of rotatable bonds is 11. The predicted octanol–water partition coefficient (Wildman–Crippen LogP) is 3.08. The fourth-order valence-corrected chi connectivity index (χ4v) is 4.31. The zero-order valence-corrected chi connectivity index (χ0v) is 19.0. The molecule has 2 N–H and O–H groups in total. The number of ether oxygens (including phenoxy) is 1. The highest BCUT2D eigenvalue weighted by Crippen LogP contribution is 2.14. The van der Waals surface area contributed by atoms with Crippen molar-refractivity contribution in [3.05, 3.63) is 16.1 Å². The molecule has 7 heteroatoms. The number of unbranched alkanes of at least 4 members (excludes halogenated alkanes) is 1. The Morgan fingerprint density at radius 1 is 1.29 bits per heavy atom. The highest BCUT2D eigenvalue weighted by molar-refractivity contribution is 7.09. The van der Waals surface area contributed by atoms with Crippen LogP contribution in [-0.4, -0.2) is 67.8 Å². The summed E-state index contributed by atoms with van der Waals surface area (Å²) in [6.45, 7) is 15.2. The third-order valence-electron chi connectivity index (χ3n) is 4.89. The van der Waals surface area contributed by atoms with Crippen LogP contribution >= 0.6 is 11.3 Å². The van der Waals surface area contributed by atoms with Crippen molar-refractivity contribution in [1.29, 1.82) is 0 Å². The summed E-state index contributed by atoms with van der Waals surface area (Å²) >= 11 is 1.77. The second-order valence-corrected chi connectivity index (χ2v) is 8.86. The quantitative estimate of drug-likeness (QED) is 0.334. The topological polar surface area (TPSA) is 61.8 Å². The maximum absolute atomic E-state index is 5.52. The number of aromatic nitrogens is 1. The van der Waals surface area contributed by atoms with Gasteiger partial charge in [-0.05, 0) is 45.4 Å². The van der Waals surface area contributed by atoms with Gasteiger partial charge < -0.3 is 15.4 Å². The molecule has 28 heavy (non-hydrogen) atoms. The van der Waals surface area contributed by atoms with Crippen molar-refractivity contribution in [3.8, 4) is 0 Å². The third kappa shape index (κ3) is 8.88. The minimum absolute atomic E-state index is 0.493. The molecule has 0 bridgehead atoms. The molecular weight excluding hydrogens is 370 g/mol. The molecule has 0 aromatic carbocycles. The molecule has 2 rings (SSSR count). The average molecular weight is 410 g/mol. The van der Waals surface area contributed by atoms with Gasteiger partial charge in [0.1, 0.15) is 0 Å². The maximum Gasteiger partial charge on any atom is 0.191 e. The van der Waals surface area contributed by atoms with Crippen molar-refractivity contribution >= 4 is 17.3 Å². The molecular formula is C21H39N5OS. The van der Waals surface area contributed by atoms with Crippen molar-refractivity contribution in [2.45, 2.75) is 59.4 Å². The van der Waals surface area contributed by atoms with Crippen LogP contribution in [-0.2, 0) is 11.2 Å². The number of aryl methyl sites for hydroxylation is 2. The summed E-state index contributed by atoms with van der Waals surface area (Å²) in [5.74, 6) is 1.61. The molecule has 1 aliphatic heterocycles. The summed E-state index contributed by atoms with van der Waals surface area (Å²) in [6.07, 6.45) is 4.53. The number of guanidine groups is 1. The van der Waals surface area contributed by atoms with Gasteiger partial charge in [0.15, 0.2) is 5.96 Å². The Bertz CT molecular complexity index is 569. The first kappa shape index (κ1) is 23.1. The van der Waals surface area contributed by atoms with Gasteiger partial charge in [-0.15, -0.1) is 11.3 Å². The van der Waals surface area contributed by atoms with E-state index in [9.17, 15) is 0 Å². The Kier molecular flexibility index (Phi) is 10.8. The molecule has 0 aliphatic carbocycles. The largest absolute Gasteiger partial charge is 0.379 e. The van der Waals surface area contributed by atoms with E-state index in [0.717, 1.165) is 76.9 Å². The van der Waals surface area contributed by atoms with E-state index in [-0.39, 0.29) is 0 Å². The molecule has 1 atom stereocenters. The van der Waals surface area contributed by atoms with Gasteiger partial charge in [0.2, 0.25) is 0 Å². The van der Waals surface area contributed by atoms with Crippen molar-refractivity contribution in [2.75, 3.05) is 45.9 Å². The normalized spacial score (nSPS) is 17.1. The monoisotopic (exact) mass is 409 g/mol. The van der Waals surface area contributed by atoms with Gasteiger partial charge >= 0.3 is 0 Å². The fraction of sp³-hybridized carbons (Fsp3) is 0.810. The number of hydrogen-bond acceptors (Lipinski definition) is 5. The average Bonchev–Trinajstić information content (AvgIpc) is 3.10. The lowest BCUT2D eigenvalue weighted by atomic mass is 10.0. The highest BCUT2D eigenvalue weighted by Gasteiger charge is 2.21.